The molecular formula is C47H56N10O5. The summed E-state index contributed by atoms with van der Waals surface area (Å²) in [6.45, 7) is 8.93. The number of ether oxygens (including phenoxy) is 1. The van der Waals surface area contributed by atoms with Gasteiger partial charge in [-0.15, -0.1) is 10.2 Å². The highest BCUT2D eigenvalue weighted by Crippen LogP contribution is 2.43. The topological polar surface area (TPSA) is 164 Å². The van der Waals surface area contributed by atoms with Crippen LogP contribution in [0.1, 0.15) is 55.6 Å². The first-order chi connectivity index (χ1) is 30.3. The number of nitrogens with one attached hydrogen (secondary N) is 1. The van der Waals surface area contributed by atoms with Crippen molar-refractivity contribution in [3.05, 3.63) is 83.9 Å². The second-order valence-corrected chi connectivity index (χ2v) is 17.8. The van der Waals surface area contributed by atoms with Crippen molar-refractivity contribution in [1.82, 2.24) is 30.2 Å². The predicted molar refractivity (Wildman–Crippen MR) is 237 cm³/mol. The number of carbonyl (C=O) groups is 3. The second kappa shape index (κ2) is 17.1. The van der Waals surface area contributed by atoms with Crippen LogP contribution in [-0.2, 0) is 20.9 Å². The molecule has 6 aliphatic heterocycles. The lowest BCUT2D eigenvalue weighted by Gasteiger charge is -2.43. The third-order valence-corrected chi connectivity index (χ3v) is 14.0. The van der Waals surface area contributed by atoms with Crippen molar-refractivity contribution in [1.29, 1.82) is 0 Å². The van der Waals surface area contributed by atoms with Gasteiger partial charge < -0.3 is 35.2 Å². The average Bonchev–Trinajstić information content (AvgIpc) is 3.55. The van der Waals surface area contributed by atoms with Crippen LogP contribution < -0.4 is 30.5 Å². The number of nitrogen functional groups attached to an aromatic ring is 1. The van der Waals surface area contributed by atoms with E-state index in [1.54, 1.807) is 12.1 Å². The number of anilines is 4. The molecule has 2 bridgehead atoms. The number of benzene rings is 3. The van der Waals surface area contributed by atoms with E-state index in [2.05, 4.69) is 76.4 Å². The summed E-state index contributed by atoms with van der Waals surface area (Å²) in [5, 5.41) is 21.5. The molecular weight excluding hydrogens is 785 g/mol. The number of aromatic hydroxyl groups is 1. The molecule has 1 aromatic heterocycles. The van der Waals surface area contributed by atoms with Gasteiger partial charge in [0.05, 0.1) is 30.2 Å². The third-order valence-electron chi connectivity index (χ3n) is 14.0. The molecule has 4 N–H and O–H groups in total. The fourth-order valence-corrected chi connectivity index (χ4v) is 10.8. The van der Waals surface area contributed by atoms with E-state index in [1.165, 1.54) is 16.8 Å². The van der Waals surface area contributed by atoms with Gasteiger partial charge in [0.1, 0.15) is 24.1 Å². The summed E-state index contributed by atoms with van der Waals surface area (Å²) in [7, 11) is 0. The maximum absolute atomic E-state index is 13.6. The van der Waals surface area contributed by atoms with Gasteiger partial charge in [0.15, 0.2) is 5.82 Å². The number of phenols is 1. The van der Waals surface area contributed by atoms with Crippen LogP contribution in [-0.4, -0.2) is 138 Å². The Balaban J connectivity index is 0.703. The van der Waals surface area contributed by atoms with E-state index in [-0.39, 0.29) is 29.5 Å². The Labute approximate surface area is 362 Å². The number of fused-ring (bicyclic) bond motifs is 3. The highest BCUT2D eigenvalue weighted by molar-refractivity contribution is 6.02. The molecule has 15 nitrogen and oxygen atoms in total. The quantitative estimate of drug-likeness (QED) is 0.209. The van der Waals surface area contributed by atoms with E-state index in [4.69, 9.17) is 10.5 Å². The number of nitrogens with two attached hydrogens (primary N) is 1. The van der Waals surface area contributed by atoms with Gasteiger partial charge in [-0.05, 0) is 98.6 Å². The summed E-state index contributed by atoms with van der Waals surface area (Å²) in [5.74, 6) is 1.52. The van der Waals surface area contributed by atoms with Crippen LogP contribution in [0, 0.1) is 0 Å². The molecule has 3 atom stereocenters. The van der Waals surface area contributed by atoms with Crippen molar-refractivity contribution < 1.29 is 24.2 Å². The molecule has 0 unspecified atom stereocenters. The monoisotopic (exact) mass is 840 g/mol. The van der Waals surface area contributed by atoms with Crippen molar-refractivity contribution in [2.24, 2.45) is 0 Å². The zero-order valence-corrected chi connectivity index (χ0v) is 35.2. The number of hydrogen-bond donors (Lipinski definition) is 3. The lowest BCUT2D eigenvalue weighted by atomic mass is 9.87. The van der Waals surface area contributed by atoms with Gasteiger partial charge in [-0.2, -0.15) is 0 Å². The number of nitrogens with zero attached hydrogens (tertiary/aromatic N) is 8. The Kier molecular flexibility index (Phi) is 11.1. The van der Waals surface area contributed by atoms with Gasteiger partial charge in [0.2, 0.25) is 17.7 Å². The number of amides is 3. The number of piperazine rings is 2. The summed E-state index contributed by atoms with van der Waals surface area (Å²) in [5.41, 5.74) is 13.2. The lowest BCUT2D eigenvalue weighted by Crippen LogP contribution is -2.54. The molecule has 62 heavy (non-hydrogen) atoms. The highest BCUT2D eigenvalue weighted by Gasteiger charge is 2.41. The van der Waals surface area contributed by atoms with Gasteiger partial charge >= 0.3 is 0 Å². The Morgan fingerprint density at radius 2 is 1.58 bits per heavy atom. The molecule has 4 aromatic rings. The third kappa shape index (κ3) is 7.99. The van der Waals surface area contributed by atoms with Crippen LogP contribution in [0.25, 0.3) is 11.3 Å². The number of para-hydroxylation sites is 2. The van der Waals surface area contributed by atoms with Crippen molar-refractivity contribution in [3.63, 3.8) is 0 Å². The zero-order valence-electron chi connectivity index (χ0n) is 35.2. The van der Waals surface area contributed by atoms with Crippen LogP contribution in [0.3, 0.4) is 0 Å². The Bertz CT molecular complexity index is 2310. The SMILES string of the molecule is Nc1nnc(-c2ccccc2O)cc1N1C[C@H]2CC[C@@H](C1)N2c1cccc(CN2CCN(C(=O)CN3CCC(c4cccc5c4OCCN5[C@H]4CCC(=O)NC4=O)CC3)CC2)c1. The molecule has 15 heteroatoms. The fourth-order valence-electron chi connectivity index (χ4n) is 10.8. The van der Waals surface area contributed by atoms with Crippen LogP contribution >= 0.6 is 0 Å². The van der Waals surface area contributed by atoms with Crippen molar-refractivity contribution in [2.45, 2.75) is 69.1 Å². The molecule has 5 saturated heterocycles. The van der Waals surface area contributed by atoms with Gasteiger partial charge in [-0.25, -0.2) is 0 Å². The summed E-state index contributed by atoms with van der Waals surface area (Å²) < 4.78 is 6.25. The first kappa shape index (κ1) is 40.2. The molecule has 0 aliphatic carbocycles. The number of carbonyl (C=O) groups excluding carboxylic acids is 3. The average molecular weight is 841 g/mol. The molecule has 6 aliphatic rings. The number of phenolic OH excluding ortho intramolecular Hbond substituents is 1. The maximum atomic E-state index is 13.6. The molecule has 324 valence electrons. The van der Waals surface area contributed by atoms with Crippen LogP contribution in [0.2, 0.25) is 0 Å². The van der Waals surface area contributed by atoms with E-state index in [9.17, 15) is 19.5 Å². The van der Waals surface area contributed by atoms with E-state index in [1.807, 2.05) is 29.2 Å². The van der Waals surface area contributed by atoms with E-state index < -0.39 is 0 Å². The Morgan fingerprint density at radius 3 is 2.35 bits per heavy atom. The van der Waals surface area contributed by atoms with Gasteiger partial charge in [-0.3, -0.25) is 29.5 Å². The van der Waals surface area contributed by atoms with Crippen LogP contribution in [0.4, 0.5) is 22.9 Å². The van der Waals surface area contributed by atoms with Crippen LogP contribution in [0.15, 0.2) is 72.8 Å². The molecule has 10 rings (SSSR count). The minimum atomic E-state index is -0.368. The Morgan fingerprint density at radius 1 is 0.806 bits per heavy atom. The number of likely N-dealkylation sites (tertiary alicyclic amines) is 1. The smallest absolute Gasteiger partial charge is 0.249 e. The molecule has 3 aromatic carbocycles. The first-order valence-corrected chi connectivity index (χ1v) is 22.4. The number of rotatable bonds is 9. The zero-order chi connectivity index (χ0) is 42.3. The minimum absolute atomic E-state index is 0.171. The number of hydrogen-bond acceptors (Lipinski definition) is 13. The first-order valence-electron chi connectivity index (χ1n) is 22.4. The second-order valence-electron chi connectivity index (χ2n) is 17.8. The standard InChI is InChI=1S/C47H56N10O5/c48-46-41(26-38(50-51-46)37-7-1-2-10-42(37)58)55-28-34-11-12-35(29-55)57(34)33-6-3-5-31(25-33)27-53-19-21-54(22-20-53)44(60)30-52-17-15-32(16-18-52)36-8-4-9-39-45(36)62-24-23-56(39)40-13-14-43(59)49-47(40)61/h1-10,25-26,32,34-35,40,58H,11-24,27-30H2,(H2,48,51)(H,49,59,61)/t34-,35+,40-/m0/s1. The Hall–Kier alpha value is -5.93. The van der Waals surface area contributed by atoms with Crippen molar-refractivity contribution in [2.75, 3.05) is 92.5 Å². The maximum Gasteiger partial charge on any atom is 0.249 e. The molecule has 0 saturated carbocycles. The molecule has 7 heterocycles. The van der Waals surface area contributed by atoms with Crippen molar-refractivity contribution >= 4 is 40.6 Å². The number of aromatic nitrogens is 2. The van der Waals surface area contributed by atoms with E-state index >= 15 is 0 Å². The van der Waals surface area contributed by atoms with Crippen LogP contribution in [0.5, 0.6) is 11.5 Å². The predicted octanol–water partition coefficient (Wildman–Crippen LogP) is 3.82. The number of imide groups is 1. The fraction of sp³-hybridized carbons (Fsp3) is 0.468. The highest BCUT2D eigenvalue weighted by atomic mass is 16.5. The van der Waals surface area contributed by atoms with Crippen molar-refractivity contribution in [3.8, 4) is 22.8 Å². The molecule has 3 amide bonds. The largest absolute Gasteiger partial charge is 0.507 e. The number of piperidine rings is 2. The van der Waals surface area contributed by atoms with E-state index in [0.717, 1.165) is 102 Å². The summed E-state index contributed by atoms with van der Waals surface area (Å²) in [4.78, 5) is 52.0. The summed E-state index contributed by atoms with van der Waals surface area (Å²) in [6, 6.07) is 24.7. The lowest BCUT2D eigenvalue weighted by molar-refractivity contribution is -0.135. The summed E-state index contributed by atoms with van der Waals surface area (Å²) in [6.07, 6.45) is 4.96. The molecule has 5 fully saturated rings. The minimum Gasteiger partial charge on any atom is -0.507 e. The normalized spacial score (nSPS) is 23.6. The molecule has 0 spiro atoms. The van der Waals surface area contributed by atoms with Gasteiger partial charge in [0, 0.05) is 75.6 Å². The van der Waals surface area contributed by atoms with E-state index in [0.29, 0.717) is 67.6 Å². The molecule has 0 radical (unpaired) electrons. The van der Waals surface area contributed by atoms with Gasteiger partial charge in [0.25, 0.3) is 0 Å². The summed E-state index contributed by atoms with van der Waals surface area (Å²) >= 11 is 0. The van der Waals surface area contributed by atoms with Gasteiger partial charge in [-0.1, -0.05) is 36.4 Å².